The maximum atomic E-state index is 6.43. The summed E-state index contributed by atoms with van der Waals surface area (Å²) in [5.74, 6) is 1.87. The second-order valence-corrected chi connectivity index (χ2v) is 7.51. The third-order valence-electron chi connectivity index (χ3n) is 5.71. The molecule has 0 bridgehead atoms. The molecule has 3 aromatic rings. The van der Waals surface area contributed by atoms with E-state index in [1.54, 1.807) is 11.8 Å². The van der Waals surface area contributed by atoms with E-state index in [1.807, 2.05) is 14.0 Å². The van der Waals surface area contributed by atoms with Crippen LogP contribution in [0, 0.1) is 13.8 Å². The molecule has 3 aromatic heterocycles. The van der Waals surface area contributed by atoms with Crippen molar-refractivity contribution in [1.29, 1.82) is 0 Å². The fourth-order valence-electron chi connectivity index (χ4n) is 4.13. The Morgan fingerprint density at radius 3 is 2.57 bits per heavy atom. The minimum atomic E-state index is -0.420. The lowest BCUT2D eigenvalue weighted by Gasteiger charge is -2.17. The predicted octanol–water partition coefficient (Wildman–Crippen LogP) is 2.91. The topological polar surface area (TPSA) is 105 Å². The smallest absolute Gasteiger partial charge is 0.242 e. The van der Waals surface area contributed by atoms with E-state index in [0.29, 0.717) is 24.0 Å². The number of pyridine rings is 1. The van der Waals surface area contributed by atoms with Gasteiger partial charge < -0.3 is 15.0 Å². The summed E-state index contributed by atoms with van der Waals surface area (Å²) in [6.45, 7) is 4.11. The Morgan fingerprint density at radius 2 is 1.89 bits per heavy atom. The molecule has 2 N–H and O–H groups in total. The van der Waals surface area contributed by atoms with Crippen LogP contribution in [0.4, 0.5) is 0 Å². The van der Waals surface area contributed by atoms with E-state index in [1.165, 1.54) is 0 Å². The highest BCUT2D eigenvalue weighted by molar-refractivity contribution is 5.86. The summed E-state index contributed by atoms with van der Waals surface area (Å²) in [6, 6.07) is 0. The zero-order valence-electron chi connectivity index (χ0n) is 16.8. The summed E-state index contributed by atoms with van der Waals surface area (Å²) in [5, 5.41) is 9.51. The van der Waals surface area contributed by atoms with Crippen molar-refractivity contribution in [2.75, 3.05) is 7.11 Å². The lowest BCUT2D eigenvalue weighted by atomic mass is 9.98. The van der Waals surface area contributed by atoms with E-state index in [9.17, 15) is 0 Å². The van der Waals surface area contributed by atoms with Gasteiger partial charge >= 0.3 is 0 Å². The van der Waals surface area contributed by atoms with Crippen LogP contribution in [0.3, 0.4) is 0 Å². The highest BCUT2D eigenvalue weighted by Gasteiger charge is 2.35. The van der Waals surface area contributed by atoms with Crippen molar-refractivity contribution in [1.82, 2.24) is 24.9 Å². The number of hydrogen-bond acceptors (Lipinski definition) is 7. The fourth-order valence-corrected chi connectivity index (χ4v) is 4.13. The van der Waals surface area contributed by atoms with Gasteiger partial charge in [0.25, 0.3) is 0 Å². The van der Waals surface area contributed by atoms with Crippen LogP contribution in [-0.2, 0) is 25.4 Å². The Morgan fingerprint density at radius 1 is 1.18 bits per heavy atom. The van der Waals surface area contributed by atoms with Gasteiger partial charge in [-0.05, 0) is 44.2 Å². The van der Waals surface area contributed by atoms with E-state index >= 15 is 0 Å². The van der Waals surface area contributed by atoms with Gasteiger partial charge in [0, 0.05) is 19.2 Å². The maximum absolute atomic E-state index is 6.43. The van der Waals surface area contributed by atoms with Crippen LogP contribution in [0.5, 0.6) is 5.88 Å². The summed E-state index contributed by atoms with van der Waals surface area (Å²) in [4.78, 5) is 9.30. The van der Waals surface area contributed by atoms with Gasteiger partial charge in [0.15, 0.2) is 11.5 Å². The number of aryl methyl sites for hydroxylation is 4. The number of fused-ring (bicyclic) bond motifs is 1. The normalized spacial score (nSPS) is 15.8. The Hall–Kier alpha value is -2.19. The number of hydrogen-bond donors (Lipinski definition) is 1. The maximum Gasteiger partial charge on any atom is 0.242 e. The average Bonchev–Trinajstić information content (AvgIpc) is 3.35. The average molecular weight is 407 g/mol. The summed E-state index contributed by atoms with van der Waals surface area (Å²) in [5.41, 5.74) is 10.1. The van der Waals surface area contributed by atoms with Crippen molar-refractivity contribution in [3.8, 4) is 5.88 Å². The molecule has 4 rings (SSSR count). The third kappa shape index (κ3) is 3.35. The van der Waals surface area contributed by atoms with Crippen LogP contribution in [0.2, 0.25) is 0 Å². The van der Waals surface area contributed by atoms with Crippen LogP contribution >= 0.6 is 12.4 Å². The van der Waals surface area contributed by atoms with Gasteiger partial charge in [-0.3, -0.25) is 0 Å². The van der Waals surface area contributed by atoms with Gasteiger partial charge in [0.05, 0.1) is 18.0 Å². The lowest BCUT2D eigenvalue weighted by Crippen LogP contribution is -2.34. The molecule has 1 aliphatic carbocycles. The molecule has 0 aromatic carbocycles. The summed E-state index contributed by atoms with van der Waals surface area (Å²) < 4.78 is 12.7. The minimum Gasteiger partial charge on any atom is -0.479 e. The first kappa shape index (κ1) is 20.5. The molecular weight excluding hydrogens is 380 g/mol. The van der Waals surface area contributed by atoms with Gasteiger partial charge in [0.1, 0.15) is 0 Å². The van der Waals surface area contributed by atoms with E-state index in [0.717, 1.165) is 60.0 Å². The van der Waals surface area contributed by atoms with Gasteiger partial charge in [-0.1, -0.05) is 18.0 Å². The molecule has 152 valence electrons. The van der Waals surface area contributed by atoms with Crippen molar-refractivity contribution >= 4 is 23.4 Å². The first-order valence-electron chi connectivity index (χ1n) is 9.41. The highest BCUT2D eigenvalue weighted by Crippen LogP contribution is 2.35. The Kier molecular flexibility index (Phi) is 5.63. The number of nitrogens with zero attached hydrogens (tertiary/aromatic N) is 5. The van der Waals surface area contributed by atoms with Crippen molar-refractivity contribution in [2.45, 2.75) is 57.9 Å². The van der Waals surface area contributed by atoms with E-state index in [4.69, 9.17) is 20.0 Å². The number of aromatic nitrogens is 5. The molecule has 28 heavy (non-hydrogen) atoms. The zero-order chi connectivity index (χ0) is 19.2. The third-order valence-corrected chi connectivity index (χ3v) is 5.71. The monoisotopic (exact) mass is 406 g/mol. The van der Waals surface area contributed by atoms with E-state index in [-0.39, 0.29) is 12.4 Å². The second-order valence-electron chi connectivity index (χ2n) is 7.51. The highest BCUT2D eigenvalue weighted by atomic mass is 35.5. The zero-order valence-corrected chi connectivity index (χ0v) is 17.6. The molecule has 8 nitrogen and oxygen atoms in total. The second kappa shape index (κ2) is 7.67. The molecule has 0 saturated heterocycles. The van der Waals surface area contributed by atoms with Crippen molar-refractivity contribution < 1.29 is 9.26 Å². The predicted molar refractivity (Wildman–Crippen MR) is 108 cm³/mol. The van der Waals surface area contributed by atoms with Gasteiger partial charge in [-0.25, -0.2) is 9.67 Å². The van der Waals surface area contributed by atoms with Crippen LogP contribution in [0.25, 0.3) is 11.0 Å². The summed E-state index contributed by atoms with van der Waals surface area (Å²) in [6.07, 6.45) is 5.50. The van der Waals surface area contributed by atoms with Gasteiger partial charge in [0.2, 0.25) is 11.8 Å². The van der Waals surface area contributed by atoms with Crippen molar-refractivity contribution in [3.05, 3.63) is 28.5 Å². The Bertz CT molecular complexity index is 990. The molecule has 0 aliphatic heterocycles. The van der Waals surface area contributed by atoms with E-state index < -0.39 is 5.54 Å². The minimum absolute atomic E-state index is 0. The molecule has 0 spiro atoms. The molecule has 1 aliphatic rings. The lowest BCUT2D eigenvalue weighted by molar-refractivity contribution is 0.348. The van der Waals surface area contributed by atoms with Gasteiger partial charge in [-0.2, -0.15) is 4.98 Å². The number of rotatable bonds is 5. The first-order valence-corrected chi connectivity index (χ1v) is 9.41. The molecule has 1 saturated carbocycles. The quantitative estimate of drug-likeness (QED) is 0.694. The van der Waals surface area contributed by atoms with Crippen LogP contribution in [0.15, 0.2) is 4.52 Å². The standard InChI is InChI=1S/C19H26N6O2.ClH/c1-11-13(12(2)21-16-15(11)17(26-4)23-25(16)3)7-8-14-22-18(24-27-14)19(20)9-5-6-10-19;/h5-10,20H2,1-4H3;1H. The molecular formula is C19H27ClN6O2. The Balaban J connectivity index is 0.00000225. The number of ether oxygens (including phenoxy) is 1. The van der Waals surface area contributed by atoms with Gasteiger partial charge in [-0.15, -0.1) is 17.5 Å². The van der Waals surface area contributed by atoms with Crippen LogP contribution in [-0.4, -0.2) is 32.0 Å². The largest absolute Gasteiger partial charge is 0.479 e. The molecule has 9 heteroatoms. The van der Waals surface area contributed by atoms with Crippen LogP contribution in [0.1, 0.15) is 54.2 Å². The van der Waals surface area contributed by atoms with Crippen LogP contribution < -0.4 is 10.5 Å². The fraction of sp³-hybridized carbons (Fsp3) is 0.579. The van der Waals surface area contributed by atoms with Crippen molar-refractivity contribution in [3.63, 3.8) is 0 Å². The number of halogens is 1. The SMILES string of the molecule is COc1nn(C)c2nc(C)c(CCc3nc(C4(N)CCCC4)no3)c(C)c12.Cl. The first-order chi connectivity index (χ1) is 12.9. The van der Waals surface area contributed by atoms with Crippen molar-refractivity contribution in [2.24, 2.45) is 12.8 Å². The summed E-state index contributed by atoms with van der Waals surface area (Å²) >= 11 is 0. The molecule has 0 amide bonds. The molecule has 3 heterocycles. The number of nitrogens with two attached hydrogens (primary N) is 1. The molecule has 0 atom stereocenters. The number of methoxy groups -OCH3 is 1. The molecule has 0 radical (unpaired) electrons. The summed E-state index contributed by atoms with van der Waals surface area (Å²) in [7, 11) is 3.51. The van der Waals surface area contributed by atoms with E-state index in [2.05, 4.69) is 22.2 Å². The molecule has 1 fully saturated rings. The molecule has 0 unspecified atom stereocenters. The Labute approximate surface area is 170 Å².